The molecule has 4 heteroatoms. The lowest BCUT2D eigenvalue weighted by Crippen LogP contribution is -2.42. The third kappa shape index (κ3) is 2.16. The van der Waals surface area contributed by atoms with Crippen LogP contribution < -0.4 is 5.73 Å². The first-order valence-corrected chi connectivity index (χ1v) is 5.86. The number of rotatable bonds is 2. The molecule has 1 aliphatic heterocycles. The van der Waals surface area contributed by atoms with Gasteiger partial charge in [-0.25, -0.2) is 0 Å². The van der Waals surface area contributed by atoms with E-state index in [2.05, 4.69) is 11.9 Å². The van der Waals surface area contributed by atoms with Crippen LogP contribution in [0.1, 0.15) is 19.3 Å². The summed E-state index contributed by atoms with van der Waals surface area (Å²) in [6.07, 6.45) is 3.08. The van der Waals surface area contributed by atoms with Gasteiger partial charge in [0, 0.05) is 26.2 Å². The molecule has 1 amide bonds. The first kappa shape index (κ1) is 10.9. The van der Waals surface area contributed by atoms with Gasteiger partial charge in [0.2, 0.25) is 5.91 Å². The van der Waals surface area contributed by atoms with E-state index in [1.807, 2.05) is 4.90 Å². The number of carbonyl (C=O) groups is 1. The maximum Gasteiger partial charge on any atom is 0.230 e. The minimum atomic E-state index is -0.164. The molecule has 2 fully saturated rings. The molecule has 1 heterocycles. The molecule has 86 valence electrons. The number of hydrogen-bond donors (Lipinski definition) is 1. The molecule has 2 aliphatic rings. The van der Waals surface area contributed by atoms with E-state index in [0.29, 0.717) is 12.5 Å². The van der Waals surface area contributed by atoms with Crippen molar-refractivity contribution in [1.82, 2.24) is 9.80 Å². The van der Waals surface area contributed by atoms with Gasteiger partial charge in [-0.3, -0.25) is 4.79 Å². The molecule has 0 aromatic heterocycles. The van der Waals surface area contributed by atoms with E-state index in [9.17, 15) is 4.79 Å². The molecule has 1 aliphatic carbocycles. The minimum Gasteiger partial charge on any atom is -0.341 e. The molecule has 0 aromatic rings. The topological polar surface area (TPSA) is 49.6 Å². The second-order valence-electron chi connectivity index (χ2n) is 4.93. The predicted octanol–water partition coefficient (Wildman–Crippen LogP) is -0.111. The molecule has 0 aromatic carbocycles. The number of nitrogens with two attached hydrogens (primary N) is 1. The van der Waals surface area contributed by atoms with Gasteiger partial charge in [-0.15, -0.1) is 0 Å². The van der Waals surface area contributed by atoms with Crippen LogP contribution >= 0.6 is 0 Å². The van der Waals surface area contributed by atoms with Crippen LogP contribution in [-0.4, -0.2) is 55.5 Å². The Morgan fingerprint density at radius 2 is 2.00 bits per heavy atom. The zero-order valence-electron chi connectivity index (χ0n) is 9.54. The van der Waals surface area contributed by atoms with Crippen molar-refractivity contribution in [3.8, 4) is 0 Å². The van der Waals surface area contributed by atoms with Gasteiger partial charge in [0.1, 0.15) is 0 Å². The maximum atomic E-state index is 12.2. The summed E-state index contributed by atoms with van der Waals surface area (Å²) in [5.41, 5.74) is 5.52. The fourth-order valence-electron chi connectivity index (χ4n) is 2.24. The summed E-state index contributed by atoms with van der Waals surface area (Å²) in [7, 11) is 2.11. The molecule has 0 radical (unpaired) electrons. The summed E-state index contributed by atoms with van der Waals surface area (Å²) in [6.45, 7) is 4.39. The van der Waals surface area contributed by atoms with Gasteiger partial charge in [0.05, 0.1) is 5.41 Å². The van der Waals surface area contributed by atoms with Gasteiger partial charge < -0.3 is 15.5 Å². The highest BCUT2D eigenvalue weighted by molar-refractivity contribution is 5.85. The van der Waals surface area contributed by atoms with Crippen molar-refractivity contribution in [2.24, 2.45) is 11.1 Å². The molecule has 2 rings (SSSR count). The highest BCUT2D eigenvalue weighted by atomic mass is 16.2. The van der Waals surface area contributed by atoms with Crippen LogP contribution in [0.3, 0.4) is 0 Å². The lowest BCUT2D eigenvalue weighted by Gasteiger charge is -2.25. The quantitative estimate of drug-likeness (QED) is 0.693. The van der Waals surface area contributed by atoms with Gasteiger partial charge in [0.15, 0.2) is 0 Å². The Morgan fingerprint density at radius 3 is 2.60 bits per heavy atom. The molecule has 1 saturated heterocycles. The second kappa shape index (κ2) is 4.10. The number of likely N-dealkylation sites (N-methyl/N-ethyl adjacent to an activating group) is 1. The molecule has 0 bridgehead atoms. The molecule has 15 heavy (non-hydrogen) atoms. The SMILES string of the molecule is CN1CCCN(C(=O)C2(CN)CC2)CC1. The summed E-state index contributed by atoms with van der Waals surface area (Å²) >= 11 is 0. The van der Waals surface area contributed by atoms with Crippen molar-refractivity contribution in [2.75, 3.05) is 39.8 Å². The third-order valence-corrected chi connectivity index (χ3v) is 3.70. The third-order valence-electron chi connectivity index (χ3n) is 3.70. The smallest absolute Gasteiger partial charge is 0.230 e. The standard InChI is InChI=1S/C11H21N3O/c1-13-5-2-6-14(8-7-13)10(15)11(9-12)3-4-11/h2-9,12H2,1H3. The Balaban J connectivity index is 1.95. The maximum absolute atomic E-state index is 12.2. The van der Waals surface area contributed by atoms with Crippen LogP contribution in [0.5, 0.6) is 0 Å². The van der Waals surface area contributed by atoms with Crippen LogP contribution in [-0.2, 0) is 4.79 Å². The Morgan fingerprint density at radius 1 is 1.27 bits per heavy atom. The molecular formula is C11H21N3O. The molecule has 0 unspecified atom stereocenters. The lowest BCUT2D eigenvalue weighted by atomic mass is 10.1. The number of carbonyl (C=O) groups excluding carboxylic acids is 1. The summed E-state index contributed by atoms with van der Waals surface area (Å²) in [5.74, 6) is 0.306. The van der Waals surface area contributed by atoms with Crippen LogP contribution in [0, 0.1) is 5.41 Å². The molecular weight excluding hydrogens is 190 g/mol. The zero-order chi connectivity index (χ0) is 10.9. The van der Waals surface area contributed by atoms with Crippen molar-refractivity contribution in [1.29, 1.82) is 0 Å². The van der Waals surface area contributed by atoms with Crippen molar-refractivity contribution in [3.05, 3.63) is 0 Å². The molecule has 1 saturated carbocycles. The van der Waals surface area contributed by atoms with Crippen molar-refractivity contribution < 1.29 is 4.79 Å². The van der Waals surface area contributed by atoms with E-state index < -0.39 is 0 Å². The Bertz CT molecular complexity index is 250. The Kier molecular flexibility index (Phi) is 2.98. The lowest BCUT2D eigenvalue weighted by molar-refractivity contribution is -0.136. The number of hydrogen-bond acceptors (Lipinski definition) is 3. The van der Waals surface area contributed by atoms with Gasteiger partial charge in [-0.05, 0) is 32.9 Å². The molecule has 0 spiro atoms. The number of nitrogens with zero attached hydrogens (tertiary/aromatic N) is 2. The van der Waals surface area contributed by atoms with E-state index >= 15 is 0 Å². The van der Waals surface area contributed by atoms with Gasteiger partial charge in [-0.1, -0.05) is 0 Å². The average molecular weight is 211 g/mol. The average Bonchev–Trinajstić information content (AvgIpc) is 3.02. The van der Waals surface area contributed by atoms with Crippen LogP contribution in [0.2, 0.25) is 0 Å². The van der Waals surface area contributed by atoms with E-state index in [4.69, 9.17) is 5.73 Å². The number of amides is 1. The van der Waals surface area contributed by atoms with E-state index in [0.717, 1.165) is 45.4 Å². The highest BCUT2D eigenvalue weighted by Crippen LogP contribution is 2.46. The fraction of sp³-hybridized carbons (Fsp3) is 0.909. The van der Waals surface area contributed by atoms with Gasteiger partial charge in [0.25, 0.3) is 0 Å². The molecule has 4 nitrogen and oxygen atoms in total. The van der Waals surface area contributed by atoms with Gasteiger partial charge >= 0.3 is 0 Å². The summed E-state index contributed by atoms with van der Waals surface area (Å²) < 4.78 is 0. The van der Waals surface area contributed by atoms with E-state index in [-0.39, 0.29) is 5.41 Å². The second-order valence-corrected chi connectivity index (χ2v) is 4.93. The van der Waals surface area contributed by atoms with Crippen molar-refractivity contribution in [2.45, 2.75) is 19.3 Å². The van der Waals surface area contributed by atoms with E-state index in [1.165, 1.54) is 0 Å². The first-order valence-electron chi connectivity index (χ1n) is 5.86. The van der Waals surface area contributed by atoms with Crippen LogP contribution in [0.4, 0.5) is 0 Å². The highest BCUT2D eigenvalue weighted by Gasteiger charge is 2.50. The zero-order valence-corrected chi connectivity index (χ0v) is 9.54. The largest absolute Gasteiger partial charge is 0.341 e. The summed E-state index contributed by atoms with van der Waals surface area (Å²) in [5, 5.41) is 0. The summed E-state index contributed by atoms with van der Waals surface area (Å²) in [6, 6.07) is 0. The Labute approximate surface area is 91.4 Å². The minimum absolute atomic E-state index is 0.164. The summed E-state index contributed by atoms with van der Waals surface area (Å²) in [4.78, 5) is 16.5. The normalized spacial score (nSPS) is 26.1. The van der Waals surface area contributed by atoms with E-state index in [1.54, 1.807) is 0 Å². The van der Waals surface area contributed by atoms with Crippen molar-refractivity contribution in [3.63, 3.8) is 0 Å². The monoisotopic (exact) mass is 211 g/mol. The molecule has 0 atom stereocenters. The van der Waals surface area contributed by atoms with Crippen molar-refractivity contribution >= 4 is 5.91 Å². The van der Waals surface area contributed by atoms with Crippen LogP contribution in [0.15, 0.2) is 0 Å². The fourth-order valence-corrected chi connectivity index (χ4v) is 2.24. The molecule has 2 N–H and O–H groups in total. The first-order chi connectivity index (χ1) is 7.18. The Hall–Kier alpha value is -0.610. The van der Waals surface area contributed by atoms with Crippen LogP contribution in [0.25, 0.3) is 0 Å². The van der Waals surface area contributed by atoms with Gasteiger partial charge in [-0.2, -0.15) is 0 Å². The predicted molar refractivity (Wildman–Crippen MR) is 59.4 cm³/mol.